The van der Waals surface area contributed by atoms with Crippen molar-refractivity contribution in [2.24, 2.45) is 0 Å². The summed E-state index contributed by atoms with van der Waals surface area (Å²) in [6, 6.07) is 56.6. The van der Waals surface area contributed by atoms with Crippen LogP contribution in [0.15, 0.2) is 182 Å². The van der Waals surface area contributed by atoms with E-state index in [1.54, 1.807) is 0 Å². The lowest BCUT2D eigenvalue weighted by atomic mass is 9.87. The molecular weight excluding hydrogens is 767 g/mol. The Hall–Kier alpha value is -6.94. The second kappa shape index (κ2) is 13.9. The molecular formula is C50H33N5O2S2. The normalized spacial score (nSPS) is 12.7. The van der Waals surface area contributed by atoms with Gasteiger partial charge in [-0.1, -0.05) is 109 Å². The molecule has 7 aromatic carbocycles. The second-order valence-corrected chi connectivity index (χ2v) is 16.6. The number of H-pyrrole nitrogens is 2. The first-order chi connectivity index (χ1) is 29.2. The summed E-state index contributed by atoms with van der Waals surface area (Å²) in [6.45, 7) is 0. The van der Waals surface area contributed by atoms with E-state index in [-0.39, 0.29) is 0 Å². The summed E-state index contributed by atoms with van der Waals surface area (Å²) in [4.78, 5) is 22.7. The average molecular weight is 800 g/mol. The number of hydrogen-bond acceptors (Lipinski definition) is 7. The van der Waals surface area contributed by atoms with Crippen molar-refractivity contribution in [3.05, 3.63) is 169 Å². The van der Waals surface area contributed by atoms with Gasteiger partial charge in [-0.3, -0.25) is 0 Å². The molecule has 0 unspecified atom stereocenters. The SMILES string of the molecule is c1ccc(CSc2ccccc2-c2c(-c3nc4ccccc4o3)c(-c3cc4ccccc4o3)c(-c3nc4ccccc4[nH]3)c3c2N(c2cc4ccccc4[nH]2)CS3)cc1. The van der Waals surface area contributed by atoms with E-state index in [2.05, 4.69) is 124 Å². The molecule has 2 N–H and O–H groups in total. The van der Waals surface area contributed by atoms with Gasteiger partial charge in [-0.05, 0) is 65.7 Å². The minimum Gasteiger partial charge on any atom is -0.456 e. The highest BCUT2D eigenvalue weighted by molar-refractivity contribution is 8.00. The maximum atomic E-state index is 6.92. The van der Waals surface area contributed by atoms with Crippen LogP contribution in [0.3, 0.4) is 0 Å². The van der Waals surface area contributed by atoms with E-state index >= 15 is 0 Å². The minimum atomic E-state index is 0.508. The predicted octanol–water partition coefficient (Wildman–Crippen LogP) is 14.1. The molecule has 1 aliphatic rings. The Labute approximate surface area is 347 Å². The molecule has 0 aliphatic carbocycles. The van der Waals surface area contributed by atoms with E-state index in [1.165, 1.54) is 5.56 Å². The molecule has 7 nitrogen and oxygen atoms in total. The molecule has 11 aromatic rings. The third-order valence-corrected chi connectivity index (χ3v) is 13.3. The molecule has 0 amide bonds. The topological polar surface area (TPSA) is 86.9 Å². The molecule has 0 spiro atoms. The number of oxazole rings is 1. The van der Waals surface area contributed by atoms with E-state index in [4.69, 9.17) is 18.8 Å². The summed E-state index contributed by atoms with van der Waals surface area (Å²) in [7, 11) is 0. The Bertz CT molecular complexity index is 3250. The number of aromatic nitrogens is 4. The van der Waals surface area contributed by atoms with Crippen LogP contribution in [0.1, 0.15) is 5.56 Å². The number of fused-ring (bicyclic) bond motifs is 5. The molecule has 5 heterocycles. The van der Waals surface area contributed by atoms with E-state index in [1.807, 2.05) is 78.1 Å². The van der Waals surface area contributed by atoms with Gasteiger partial charge in [0.25, 0.3) is 0 Å². The van der Waals surface area contributed by atoms with Gasteiger partial charge < -0.3 is 23.7 Å². The first-order valence-electron chi connectivity index (χ1n) is 19.5. The third kappa shape index (κ3) is 5.76. The van der Waals surface area contributed by atoms with E-state index in [0.29, 0.717) is 23.1 Å². The maximum absolute atomic E-state index is 6.92. The Balaban J connectivity index is 1.24. The first-order valence-corrected chi connectivity index (χ1v) is 21.5. The zero-order chi connectivity index (χ0) is 38.9. The number of benzene rings is 7. The molecule has 12 rings (SSSR count). The van der Waals surface area contributed by atoms with Crippen LogP contribution in [-0.4, -0.2) is 25.8 Å². The van der Waals surface area contributed by atoms with Gasteiger partial charge in [0.2, 0.25) is 5.89 Å². The quantitative estimate of drug-likeness (QED) is 0.148. The molecule has 0 bridgehead atoms. The Kier molecular flexibility index (Phi) is 8.02. The summed E-state index contributed by atoms with van der Waals surface area (Å²) >= 11 is 3.64. The van der Waals surface area contributed by atoms with Crippen LogP contribution >= 0.6 is 23.5 Å². The first kappa shape index (κ1) is 34.1. The van der Waals surface area contributed by atoms with Crippen molar-refractivity contribution in [2.45, 2.75) is 15.5 Å². The largest absolute Gasteiger partial charge is 0.456 e. The molecule has 9 heteroatoms. The van der Waals surface area contributed by atoms with Crippen molar-refractivity contribution in [3.63, 3.8) is 0 Å². The number of anilines is 2. The summed E-state index contributed by atoms with van der Waals surface area (Å²) in [5, 5.41) is 2.16. The van der Waals surface area contributed by atoms with Crippen LogP contribution in [0.5, 0.6) is 0 Å². The van der Waals surface area contributed by atoms with Crippen LogP contribution in [0.25, 0.3) is 89.3 Å². The van der Waals surface area contributed by atoms with Crippen molar-refractivity contribution in [1.82, 2.24) is 19.9 Å². The molecule has 0 saturated heterocycles. The number of nitrogens with one attached hydrogen (secondary N) is 2. The summed E-state index contributed by atoms with van der Waals surface area (Å²) in [6.07, 6.45) is 0. The van der Waals surface area contributed by atoms with Gasteiger partial charge in [0.15, 0.2) is 5.58 Å². The van der Waals surface area contributed by atoms with E-state index in [0.717, 1.165) is 99.1 Å². The third-order valence-electron chi connectivity index (χ3n) is 11.0. The lowest BCUT2D eigenvalue weighted by Crippen LogP contribution is -2.14. The van der Waals surface area contributed by atoms with Gasteiger partial charge in [-0.15, -0.1) is 23.5 Å². The molecule has 0 saturated carbocycles. The van der Waals surface area contributed by atoms with Crippen molar-refractivity contribution < 1.29 is 8.83 Å². The molecule has 1 aliphatic heterocycles. The summed E-state index contributed by atoms with van der Waals surface area (Å²) < 4.78 is 13.8. The van der Waals surface area contributed by atoms with Crippen LogP contribution in [0.4, 0.5) is 11.5 Å². The fourth-order valence-corrected chi connectivity index (χ4v) is 10.6. The number of rotatable bonds is 8. The molecule has 0 radical (unpaired) electrons. The minimum absolute atomic E-state index is 0.508. The predicted molar refractivity (Wildman–Crippen MR) is 242 cm³/mol. The molecule has 59 heavy (non-hydrogen) atoms. The zero-order valence-electron chi connectivity index (χ0n) is 31.5. The van der Waals surface area contributed by atoms with Crippen molar-refractivity contribution in [2.75, 3.05) is 10.8 Å². The van der Waals surface area contributed by atoms with Gasteiger partial charge in [-0.25, -0.2) is 9.97 Å². The Morgan fingerprint density at radius 2 is 1.32 bits per heavy atom. The standard InChI is InChI=1S/C50H33N5O2S2/c1-2-14-30(15-3-1)28-58-41-25-13-6-18-33(41)43-45(50-54-37-22-10-12-24-39(37)57-50)44(40-26-32-17-5-11-23-38(32)56-40)46(49-52-35-20-8-9-21-36(35)53-49)48-47(43)55(29-59-48)42-27-31-16-4-7-19-34(31)51-42/h1-27,51H,28-29H2,(H,52,53). The van der Waals surface area contributed by atoms with Crippen molar-refractivity contribution in [3.8, 4) is 45.3 Å². The molecule has 4 aromatic heterocycles. The lowest BCUT2D eigenvalue weighted by molar-refractivity contribution is 0.616. The van der Waals surface area contributed by atoms with Gasteiger partial charge in [0, 0.05) is 48.5 Å². The molecule has 0 atom stereocenters. The summed E-state index contributed by atoms with van der Waals surface area (Å²) in [5.41, 5.74) is 12.3. The van der Waals surface area contributed by atoms with Crippen LogP contribution < -0.4 is 4.90 Å². The molecule has 0 fully saturated rings. The average Bonchev–Trinajstić information content (AvgIpc) is 4.13. The summed E-state index contributed by atoms with van der Waals surface area (Å²) in [5.74, 6) is 4.45. The number of nitrogens with zero attached hydrogens (tertiary/aromatic N) is 3. The second-order valence-electron chi connectivity index (χ2n) is 14.6. The molecule has 282 valence electrons. The maximum Gasteiger partial charge on any atom is 0.228 e. The van der Waals surface area contributed by atoms with Gasteiger partial charge >= 0.3 is 0 Å². The Morgan fingerprint density at radius 3 is 2.15 bits per heavy atom. The van der Waals surface area contributed by atoms with Gasteiger partial charge in [0.05, 0.1) is 28.2 Å². The number of imidazole rings is 1. The number of aromatic amines is 2. The number of para-hydroxylation sites is 6. The van der Waals surface area contributed by atoms with Crippen molar-refractivity contribution in [1.29, 1.82) is 0 Å². The highest BCUT2D eigenvalue weighted by Crippen LogP contribution is 2.60. The van der Waals surface area contributed by atoms with Crippen molar-refractivity contribution >= 4 is 79.0 Å². The highest BCUT2D eigenvalue weighted by atomic mass is 32.2. The van der Waals surface area contributed by atoms with Crippen LogP contribution in [-0.2, 0) is 5.75 Å². The smallest absolute Gasteiger partial charge is 0.228 e. The van der Waals surface area contributed by atoms with Crippen LogP contribution in [0, 0.1) is 0 Å². The number of thioether (sulfide) groups is 2. The zero-order valence-corrected chi connectivity index (χ0v) is 33.1. The lowest BCUT2D eigenvalue weighted by Gasteiger charge is -2.26. The Morgan fingerprint density at radius 1 is 0.593 bits per heavy atom. The van der Waals surface area contributed by atoms with Gasteiger partial charge in [-0.2, -0.15) is 0 Å². The van der Waals surface area contributed by atoms with E-state index in [9.17, 15) is 0 Å². The monoisotopic (exact) mass is 799 g/mol. The fourth-order valence-electron chi connectivity index (χ4n) is 8.34. The van der Waals surface area contributed by atoms with E-state index < -0.39 is 0 Å². The highest BCUT2D eigenvalue weighted by Gasteiger charge is 2.38. The van der Waals surface area contributed by atoms with Crippen LogP contribution in [0.2, 0.25) is 0 Å². The van der Waals surface area contributed by atoms with Gasteiger partial charge in [0.1, 0.15) is 28.5 Å². The fraction of sp³-hybridized carbons (Fsp3) is 0.0400. The number of hydrogen-bond donors (Lipinski definition) is 2. The number of furan rings is 1.